The monoisotopic (exact) mass is 447 g/mol. The van der Waals surface area contributed by atoms with Crippen molar-refractivity contribution >= 4 is 23.3 Å². The zero-order chi connectivity index (χ0) is 22.4. The second kappa shape index (κ2) is 9.77. The van der Waals surface area contributed by atoms with Crippen LogP contribution >= 0.6 is 11.6 Å². The maximum atomic E-state index is 13.2. The van der Waals surface area contributed by atoms with Crippen LogP contribution in [0.5, 0.6) is 28.7 Å². The van der Waals surface area contributed by atoms with E-state index in [-0.39, 0.29) is 46.1 Å². The molecule has 0 amide bonds. The van der Waals surface area contributed by atoms with Crippen molar-refractivity contribution in [2.75, 3.05) is 13.7 Å². The van der Waals surface area contributed by atoms with Gasteiger partial charge in [0.1, 0.15) is 17.3 Å². The minimum atomic E-state index is -0.623. The van der Waals surface area contributed by atoms with Crippen molar-refractivity contribution in [2.24, 2.45) is 0 Å². The normalized spacial score (nSPS) is 10.3. The second-order valence-electron chi connectivity index (χ2n) is 5.98. The molecule has 0 fully saturated rings. The number of carbonyl (C=O) groups excluding carboxylic acids is 1. The van der Waals surface area contributed by atoms with Crippen LogP contribution in [0.4, 0.5) is 10.1 Å². The molecule has 0 heterocycles. The highest BCUT2D eigenvalue weighted by molar-refractivity contribution is 6.32. The van der Waals surface area contributed by atoms with E-state index in [0.717, 1.165) is 6.07 Å². The third-order valence-electron chi connectivity index (χ3n) is 3.89. The smallest absolute Gasteiger partial charge is 0.343 e. The number of hydrogen-bond donors (Lipinski definition) is 0. The van der Waals surface area contributed by atoms with E-state index in [0.29, 0.717) is 0 Å². The topological polar surface area (TPSA) is 97.1 Å². The number of esters is 1. The van der Waals surface area contributed by atoms with Gasteiger partial charge in [-0.2, -0.15) is 0 Å². The van der Waals surface area contributed by atoms with E-state index in [1.165, 1.54) is 49.6 Å². The summed E-state index contributed by atoms with van der Waals surface area (Å²) >= 11 is 5.96. The van der Waals surface area contributed by atoms with Gasteiger partial charge in [-0.3, -0.25) is 10.1 Å². The van der Waals surface area contributed by atoms with Crippen LogP contribution in [-0.4, -0.2) is 24.6 Å². The van der Waals surface area contributed by atoms with Gasteiger partial charge in [-0.15, -0.1) is 0 Å². The summed E-state index contributed by atoms with van der Waals surface area (Å²) in [6.07, 6.45) is 0. The Morgan fingerprint density at radius 3 is 2.42 bits per heavy atom. The number of benzene rings is 3. The number of rotatable bonds is 8. The molecule has 160 valence electrons. The molecule has 0 spiro atoms. The van der Waals surface area contributed by atoms with Crippen molar-refractivity contribution in [1.82, 2.24) is 0 Å². The van der Waals surface area contributed by atoms with Crippen LogP contribution in [-0.2, 0) is 9.53 Å². The molecular weight excluding hydrogens is 433 g/mol. The Hall–Kier alpha value is -3.85. The highest BCUT2D eigenvalue weighted by atomic mass is 35.5. The Kier molecular flexibility index (Phi) is 6.88. The first-order valence-electron chi connectivity index (χ1n) is 8.75. The van der Waals surface area contributed by atoms with Gasteiger partial charge in [0.05, 0.1) is 17.1 Å². The van der Waals surface area contributed by atoms with E-state index in [1.54, 1.807) is 12.1 Å². The van der Waals surface area contributed by atoms with Crippen LogP contribution in [0.3, 0.4) is 0 Å². The fraction of sp³-hybridized carbons (Fsp3) is 0.0952. The van der Waals surface area contributed by atoms with Crippen molar-refractivity contribution in [2.45, 2.75) is 0 Å². The standard InChI is InChI=1S/C21H15ClFNO7/c1-28-21(25)12-29-18-4-2-3-5-19(18)31-20-11-14(7-8-16(20)24(26)27)30-17-9-6-13(23)10-15(17)22/h2-11H,12H2,1H3. The summed E-state index contributed by atoms with van der Waals surface area (Å²) < 4.78 is 34.4. The maximum Gasteiger partial charge on any atom is 0.343 e. The Morgan fingerprint density at radius 1 is 1.00 bits per heavy atom. The summed E-state index contributed by atoms with van der Waals surface area (Å²) in [6, 6.07) is 13.7. The summed E-state index contributed by atoms with van der Waals surface area (Å²) in [7, 11) is 1.22. The van der Waals surface area contributed by atoms with Crippen molar-refractivity contribution in [3.63, 3.8) is 0 Å². The largest absolute Gasteiger partial charge is 0.478 e. The van der Waals surface area contributed by atoms with E-state index in [9.17, 15) is 19.3 Å². The number of para-hydroxylation sites is 2. The molecule has 0 radical (unpaired) electrons. The van der Waals surface area contributed by atoms with E-state index >= 15 is 0 Å². The van der Waals surface area contributed by atoms with Crippen molar-refractivity contribution in [1.29, 1.82) is 0 Å². The molecule has 31 heavy (non-hydrogen) atoms. The van der Waals surface area contributed by atoms with Gasteiger partial charge in [0.25, 0.3) is 0 Å². The lowest BCUT2D eigenvalue weighted by Gasteiger charge is -2.13. The highest BCUT2D eigenvalue weighted by Crippen LogP contribution is 2.40. The summed E-state index contributed by atoms with van der Waals surface area (Å²) in [4.78, 5) is 22.2. The minimum absolute atomic E-state index is 0.0300. The van der Waals surface area contributed by atoms with Gasteiger partial charge < -0.3 is 18.9 Å². The quantitative estimate of drug-likeness (QED) is 0.254. The predicted octanol–water partition coefficient (Wildman–Crippen LogP) is 5.52. The number of nitro benzene ring substituents is 1. The number of methoxy groups -OCH3 is 1. The van der Waals surface area contributed by atoms with Crippen LogP contribution in [0.2, 0.25) is 5.02 Å². The molecule has 10 heteroatoms. The Labute approximate surface area is 180 Å². The fourth-order valence-electron chi connectivity index (χ4n) is 2.44. The van der Waals surface area contributed by atoms with E-state index < -0.39 is 16.7 Å². The molecule has 0 saturated carbocycles. The van der Waals surface area contributed by atoms with Gasteiger partial charge in [0.2, 0.25) is 5.75 Å². The molecule has 3 rings (SSSR count). The van der Waals surface area contributed by atoms with E-state index in [1.807, 2.05) is 0 Å². The molecule has 0 bridgehead atoms. The van der Waals surface area contributed by atoms with Crippen LogP contribution in [0.25, 0.3) is 0 Å². The van der Waals surface area contributed by atoms with Gasteiger partial charge in [0, 0.05) is 12.1 Å². The summed E-state index contributed by atoms with van der Waals surface area (Å²) in [5.41, 5.74) is -0.333. The average molecular weight is 448 g/mol. The number of carbonyl (C=O) groups is 1. The van der Waals surface area contributed by atoms with E-state index in [2.05, 4.69) is 4.74 Å². The van der Waals surface area contributed by atoms with Crippen molar-refractivity contribution in [3.8, 4) is 28.7 Å². The molecular formula is C21H15ClFNO7. The molecule has 0 atom stereocenters. The van der Waals surface area contributed by atoms with Crippen LogP contribution in [0.1, 0.15) is 0 Å². The molecule has 0 aliphatic heterocycles. The molecule has 3 aromatic rings. The molecule has 0 aromatic heterocycles. The first-order valence-corrected chi connectivity index (χ1v) is 9.13. The lowest BCUT2D eigenvalue weighted by Crippen LogP contribution is -2.12. The Morgan fingerprint density at radius 2 is 1.74 bits per heavy atom. The number of ether oxygens (including phenoxy) is 4. The highest BCUT2D eigenvalue weighted by Gasteiger charge is 2.20. The summed E-state index contributed by atoms with van der Waals surface area (Å²) in [5.74, 6) is -0.649. The molecule has 0 aliphatic carbocycles. The van der Waals surface area contributed by atoms with Gasteiger partial charge in [0.15, 0.2) is 18.1 Å². The van der Waals surface area contributed by atoms with Gasteiger partial charge >= 0.3 is 11.7 Å². The summed E-state index contributed by atoms with van der Waals surface area (Å²) in [6.45, 7) is -0.370. The van der Waals surface area contributed by atoms with Crippen LogP contribution in [0, 0.1) is 15.9 Å². The van der Waals surface area contributed by atoms with Crippen LogP contribution in [0.15, 0.2) is 60.7 Å². The number of nitrogens with zero attached hydrogens (tertiary/aromatic N) is 1. The maximum absolute atomic E-state index is 13.2. The lowest BCUT2D eigenvalue weighted by molar-refractivity contribution is -0.385. The second-order valence-corrected chi connectivity index (χ2v) is 6.38. The third-order valence-corrected chi connectivity index (χ3v) is 4.19. The summed E-state index contributed by atoms with van der Waals surface area (Å²) in [5, 5.41) is 11.5. The molecule has 0 N–H and O–H groups in total. The lowest BCUT2D eigenvalue weighted by atomic mass is 10.2. The molecule has 3 aromatic carbocycles. The predicted molar refractivity (Wildman–Crippen MR) is 109 cm³/mol. The zero-order valence-corrected chi connectivity index (χ0v) is 16.8. The van der Waals surface area contributed by atoms with Crippen molar-refractivity contribution in [3.05, 3.63) is 81.6 Å². The molecule has 8 nitrogen and oxygen atoms in total. The number of nitro groups is 1. The molecule has 0 saturated heterocycles. The molecule has 0 unspecified atom stereocenters. The van der Waals surface area contributed by atoms with Crippen molar-refractivity contribution < 1.29 is 33.1 Å². The number of hydrogen-bond acceptors (Lipinski definition) is 7. The van der Waals surface area contributed by atoms with Gasteiger partial charge in [-0.1, -0.05) is 23.7 Å². The molecule has 0 aliphatic rings. The van der Waals surface area contributed by atoms with Gasteiger partial charge in [-0.05, 0) is 36.4 Å². The minimum Gasteiger partial charge on any atom is -0.478 e. The van der Waals surface area contributed by atoms with Gasteiger partial charge in [-0.25, -0.2) is 9.18 Å². The SMILES string of the molecule is COC(=O)COc1ccccc1Oc1cc(Oc2ccc(F)cc2Cl)ccc1[N+](=O)[O-]. The van der Waals surface area contributed by atoms with Crippen LogP contribution < -0.4 is 14.2 Å². The first-order chi connectivity index (χ1) is 14.9. The Bertz CT molecular complexity index is 1120. The number of halogens is 2. The fourth-order valence-corrected chi connectivity index (χ4v) is 2.65. The first kappa shape index (κ1) is 21.8. The van der Waals surface area contributed by atoms with E-state index in [4.69, 9.17) is 25.8 Å². The zero-order valence-electron chi connectivity index (χ0n) is 16.0. The Balaban J connectivity index is 1.90. The third kappa shape index (κ3) is 5.61. The average Bonchev–Trinajstić information content (AvgIpc) is 2.75.